The molecule has 1 heterocycles. The molecule has 0 bridgehead atoms. The smallest absolute Gasteiger partial charge is 0.237 e. The lowest BCUT2D eigenvalue weighted by molar-refractivity contribution is -0.133. The number of piperidine rings is 1. The summed E-state index contributed by atoms with van der Waals surface area (Å²) in [4.78, 5) is 28.5. The first kappa shape index (κ1) is 30.6. The molecule has 1 aliphatic carbocycles. The Bertz CT molecular complexity index is 1040. The van der Waals surface area contributed by atoms with E-state index in [1.165, 1.54) is 12.8 Å². The lowest BCUT2D eigenvalue weighted by atomic mass is 9.72. The van der Waals surface area contributed by atoms with Crippen LogP contribution in [0.4, 0.5) is 0 Å². The van der Waals surface area contributed by atoms with Crippen molar-refractivity contribution in [1.82, 2.24) is 15.5 Å². The van der Waals surface area contributed by atoms with Gasteiger partial charge >= 0.3 is 0 Å². The molecule has 3 N–H and O–H groups in total. The minimum atomic E-state index is -3.33. The normalized spacial score (nSPS) is 25.1. The Morgan fingerprint density at radius 3 is 2.34 bits per heavy atom. The van der Waals surface area contributed by atoms with Crippen LogP contribution in [0.15, 0.2) is 30.3 Å². The summed E-state index contributed by atoms with van der Waals surface area (Å²) in [6, 6.07) is 8.66. The van der Waals surface area contributed by atoms with Crippen LogP contribution < -0.4 is 10.6 Å². The van der Waals surface area contributed by atoms with E-state index in [1.54, 1.807) is 6.92 Å². The zero-order valence-corrected chi connectivity index (χ0v) is 24.5. The SMILES string of the molecule is C[C@H](CS(C)(=O)=O)C(=O)N[C@@H](Cc1ccccc1)[C@H](O)CN1C[C@H]2CCCC[C@H]2C[C@H]1C(=O)NC(C)(C)C. The van der Waals surface area contributed by atoms with Crippen molar-refractivity contribution < 1.29 is 23.1 Å². The summed E-state index contributed by atoms with van der Waals surface area (Å²) in [5.74, 6) is -0.380. The zero-order valence-electron chi connectivity index (χ0n) is 23.7. The number of rotatable bonds is 10. The Balaban J connectivity index is 1.80. The highest BCUT2D eigenvalue weighted by Gasteiger charge is 2.41. The van der Waals surface area contributed by atoms with Crippen LogP contribution in [-0.4, -0.2) is 79.1 Å². The topological polar surface area (TPSA) is 116 Å². The minimum Gasteiger partial charge on any atom is -0.390 e. The summed E-state index contributed by atoms with van der Waals surface area (Å²) >= 11 is 0. The molecule has 8 nitrogen and oxygen atoms in total. The van der Waals surface area contributed by atoms with Crippen molar-refractivity contribution in [2.45, 2.75) is 89.9 Å². The summed E-state index contributed by atoms with van der Waals surface area (Å²) in [7, 11) is -3.33. The van der Waals surface area contributed by atoms with Gasteiger partial charge in [0, 0.05) is 30.8 Å². The van der Waals surface area contributed by atoms with Gasteiger partial charge in [-0.05, 0) is 57.4 Å². The summed E-state index contributed by atoms with van der Waals surface area (Å²) < 4.78 is 23.5. The second-order valence-electron chi connectivity index (χ2n) is 12.6. The molecule has 2 aliphatic rings. The number of β-amino-alcohol motifs (C(OH)–C–C–N with tert-alkyl or cyclic N) is 1. The van der Waals surface area contributed by atoms with Crippen molar-refractivity contribution in [2.75, 3.05) is 25.1 Å². The Hall–Kier alpha value is -1.97. The fraction of sp³-hybridized carbons (Fsp3) is 0.724. The molecule has 9 heteroatoms. The minimum absolute atomic E-state index is 0.0147. The quantitative estimate of drug-likeness (QED) is 0.413. The van der Waals surface area contributed by atoms with E-state index < -0.39 is 33.8 Å². The number of hydrogen-bond acceptors (Lipinski definition) is 6. The van der Waals surface area contributed by atoms with Gasteiger partial charge in [0.25, 0.3) is 0 Å². The molecule has 0 radical (unpaired) electrons. The Morgan fingerprint density at radius 2 is 1.74 bits per heavy atom. The molecule has 1 aromatic rings. The fourth-order valence-corrected chi connectivity index (χ4v) is 7.06. The fourth-order valence-electron chi connectivity index (χ4n) is 6.00. The molecule has 0 spiro atoms. The predicted molar refractivity (Wildman–Crippen MR) is 150 cm³/mol. The summed E-state index contributed by atoms with van der Waals surface area (Å²) in [6.45, 7) is 8.51. The van der Waals surface area contributed by atoms with Crippen LogP contribution in [0, 0.1) is 17.8 Å². The van der Waals surface area contributed by atoms with Crippen LogP contribution in [0.1, 0.15) is 65.4 Å². The molecule has 1 saturated heterocycles. The first-order valence-electron chi connectivity index (χ1n) is 14.0. The van der Waals surface area contributed by atoms with Gasteiger partial charge in [0.15, 0.2) is 0 Å². The van der Waals surface area contributed by atoms with E-state index >= 15 is 0 Å². The highest BCUT2D eigenvalue weighted by molar-refractivity contribution is 7.90. The first-order chi connectivity index (χ1) is 17.7. The van der Waals surface area contributed by atoms with Crippen molar-refractivity contribution in [3.63, 3.8) is 0 Å². The number of nitrogens with one attached hydrogen (secondary N) is 2. The molecule has 1 aliphatic heterocycles. The molecule has 3 rings (SSSR count). The lowest BCUT2D eigenvalue weighted by Gasteiger charge is -2.47. The molecule has 2 amide bonds. The molecular formula is C29H47N3O5S. The Labute approximate surface area is 228 Å². The molecule has 38 heavy (non-hydrogen) atoms. The molecule has 6 atom stereocenters. The molecule has 1 saturated carbocycles. The summed E-state index contributed by atoms with van der Waals surface area (Å²) in [6.07, 6.45) is 6.04. The molecule has 1 aromatic carbocycles. The predicted octanol–water partition coefficient (Wildman–Crippen LogP) is 2.55. The van der Waals surface area contributed by atoms with Crippen molar-refractivity contribution in [2.24, 2.45) is 17.8 Å². The van der Waals surface area contributed by atoms with Crippen LogP contribution in [0.2, 0.25) is 0 Å². The van der Waals surface area contributed by atoms with Gasteiger partial charge in [-0.3, -0.25) is 14.5 Å². The zero-order chi connectivity index (χ0) is 28.1. The monoisotopic (exact) mass is 549 g/mol. The Kier molecular flexibility index (Phi) is 10.4. The number of carbonyl (C=O) groups is 2. The maximum Gasteiger partial charge on any atom is 0.237 e. The van der Waals surface area contributed by atoms with Crippen LogP contribution in [0.3, 0.4) is 0 Å². The van der Waals surface area contributed by atoms with Gasteiger partial charge in [0.1, 0.15) is 9.84 Å². The Morgan fingerprint density at radius 1 is 1.11 bits per heavy atom. The molecule has 214 valence electrons. The van der Waals surface area contributed by atoms with Gasteiger partial charge in [-0.1, -0.05) is 56.5 Å². The number of fused-ring (bicyclic) bond motifs is 1. The third-order valence-electron chi connectivity index (χ3n) is 7.82. The van der Waals surface area contributed by atoms with E-state index in [4.69, 9.17) is 0 Å². The number of hydrogen-bond donors (Lipinski definition) is 3. The number of aliphatic hydroxyl groups is 1. The standard InChI is InChI=1S/C29H47N3O5S/c1-20(19-38(5,36)37)27(34)30-24(15-21-11-7-6-8-12-21)26(33)18-32-17-23-14-10-9-13-22(23)16-25(32)28(35)31-29(2,3)4/h6-8,11-12,20,22-26,33H,9-10,13-19H2,1-5H3,(H,30,34)(H,31,35)/t20-,22+,23-,24+,25+,26-/m1/s1. The average molecular weight is 550 g/mol. The number of benzene rings is 1. The van der Waals surface area contributed by atoms with Gasteiger partial charge in [-0.15, -0.1) is 0 Å². The number of nitrogens with zero attached hydrogens (tertiary/aromatic N) is 1. The van der Waals surface area contributed by atoms with Crippen LogP contribution in [0.25, 0.3) is 0 Å². The molecule has 0 unspecified atom stereocenters. The number of likely N-dealkylation sites (tertiary alicyclic amines) is 1. The number of carbonyl (C=O) groups excluding carboxylic acids is 2. The summed E-state index contributed by atoms with van der Waals surface area (Å²) in [5.41, 5.74) is 0.602. The van der Waals surface area contributed by atoms with Crippen molar-refractivity contribution in [3.8, 4) is 0 Å². The number of aliphatic hydroxyl groups excluding tert-OH is 1. The van der Waals surface area contributed by atoms with Crippen LogP contribution >= 0.6 is 0 Å². The van der Waals surface area contributed by atoms with E-state index in [2.05, 4.69) is 15.5 Å². The number of sulfone groups is 1. The largest absolute Gasteiger partial charge is 0.390 e. The van der Waals surface area contributed by atoms with E-state index in [-0.39, 0.29) is 29.8 Å². The lowest BCUT2D eigenvalue weighted by Crippen LogP contribution is -2.60. The van der Waals surface area contributed by atoms with Crippen molar-refractivity contribution in [3.05, 3.63) is 35.9 Å². The van der Waals surface area contributed by atoms with Gasteiger partial charge < -0.3 is 15.7 Å². The summed E-state index contributed by atoms with van der Waals surface area (Å²) in [5, 5.41) is 17.6. The van der Waals surface area contributed by atoms with Crippen molar-refractivity contribution >= 4 is 21.7 Å². The maximum atomic E-state index is 13.4. The molecule has 0 aromatic heterocycles. The van der Waals surface area contributed by atoms with Gasteiger partial charge in [-0.2, -0.15) is 0 Å². The van der Waals surface area contributed by atoms with Gasteiger partial charge in [0.2, 0.25) is 11.8 Å². The van der Waals surface area contributed by atoms with Crippen LogP contribution in [-0.2, 0) is 25.8 Å². The average Bonchev–Trinajstić information content (AvgIpc) is 2.81. The van der Waals surface area contributed by atoms with Gasteiger partial charge in [-0.25, -0.2) is 8.42 Å². The first-order valence-corrected chi connectivity index (χ1v) is 16.0. The third kappa shape index (κ3) is 9.35. The van der Waals surface area contributed by atoms with E-state index in [1.807, 2.05) is 51.1 Å². The van der Waals surface area contributed by atoms with E-state index in [9.17, 15) is 23.1 Å². The van der Waals surface area contributed by atoms with Gasteiger partial charge in [0.05, 0.1) is 23.9 Å². The highest BCUT2D eigenvalue weighted by atomic mass is 32.2. The van der Waals surface area contributed by atoms with Crippen LogP contribution in [0.5, 0.6) is 0 Å². The molecular weight excluding hydrogens is 502 g/mol. The van der Waals surface area contributed by atoms with E-state index in [0.29, 0.717) is 18.3 Å². The third-order valence-corrected chi connectivity index (χ3v) is 8.92. The number of amides is 2. The maximum absolute atomic E-state index is 13.4. The highest BCUT2D eigenvalue weighted by Crippen LogP contribution is 2.39. The van der Waals surface area contributed by atoms with E-state index in [0.717, 1.165) is 37.6 Å². The van der Waals surface area contributed by atoms with Crippen molar-refractivity contribution in [1.29, 1.82) is 0 Å². The second kappa shape index (κ2) is 12.9. The molecule has 2 fully saturated rings. The second-order valence-corrected chi connectivity index (χ2v) is 14.8.